The van der Waals surface area contributed by atoms with E-state index in [9.17, 15) is 4.79 Å². The third-order valence-electron chi connectivity index (χ3n) is 3.94. The first-order valence-electron chi connectivity index (χ1n) is 7.69. The van der Waals surface area contributed by atoms with Gasteiger partial charge in [0.25, 0.3) is 5.91 Å². The van der Waals surface area contributed by atoms with E-state index in [1.807, 2.05) is 25.1 Å². The van der Waals surface area contributed by atoms with E-state index in [1.54, 1.807) is 12.4 Å². The van der Waals surface area contributed by atoms with Crippen LogP contribution in [0.4, 0.5) is 5.69 Å². The summed E-state index contributed by atoms with van der Waals surface area (Å²) in [5.74, 6) is 0.830. The molecule has 1 N–H and O–H groups in total. The fourth-order valence-corrected chi connectivity index (χ4v) is 2.47. The average Bonchev–Trinajstić information content (AvgIpc) is 2.47. The van der Waals surface area contributed by atoms with Crippen LogP contribution in [-0.2, 0) is 0 Å². The number of piperidine rings is 1. The van der Waals surface area contributed by atoms with Crippen LogP contribution in [-0.4, -0.2) is 61.0 Å². The lowest BCUT2D eigenvalue weighted by Crippen LogP contribution is -2.38. The van der Waals surface area contributed by atoms with Gasteiger partial charge < -0.3 is 15.1 Å². The van der Waals surface area contributed by atoms with Gasteiger partial charge in [0.15, 0.2) is 0 Å². The van der Waals surface area contributed by atoms with Crippen LogP contribution >= 0.6 is 0 Å². The van der Waals surface area contributed by atoms with E-state index in [-0.39, 0.29) is 5.91 Å². The Bertz CT molecular complexity index is 467. The molecule has 0 saturated carbocycles. The summed E-state index contributed by atoms with van der Waals surface area (Å²) in [4.78, 5) is 20.7. The smallest absolute Gasteiger partial charge is 0.255 e. The number of pyridine rings is 1. The molecule has 1 fully saturated rings. The van der Waals surface area contributed by atoms with Crippen molar-refractivity contribution in [2.75, 3.05) is 45.6 Å². The van der Waals surface area contributed by atoms with E-state index in [0.29, 0.717) is 5.56 Å². The number of nitrogens with zero attached hydrogens (tertiary/aromatic N) is 3. The number of carbonyl (C=O) groups is 1. The summed E-state index contributed by atoms with van der Waals surface area (Å²) in [6, 6.07) is 1.91. The molecule has 116 valence electrons. The van der Waals surface area contributed by atoms with E-state index in [2.05, 4.69) is 22.1 Å². The SMILES string of the molecule is CC1CCN(C(=O)c2cncc(NCCN(C)C)c2)CC1. The lowest BCUT2D eigenvalue weighted by molar-refractivity contribution is 0.0697. The molecule has 1 saturated heterocycles. The molecule has 0 aliphatic carbocycles. The Morgan fingerprint density at radius 2 is 2.10 bits per heavy atom. The van der Waals surface area contributed by atoms with Crippen LogP contribution in [0.1, 0.15) is 30.1 Å². The summed E-state index contributed by atoms with van der Waals surface area (Å²) in [6.45, 7) is 5.75. The molecule has 5 heteroatoms. The van der Waals surface area contributed by atoms with Gasteiger partial charge in [0.05, 0.1) is 11.3 Å². The molecule has 1 aromatic rings. The second-order valence-corrected chi connectivity index (χ2v) is 6.17. The van der Waals surface area contributed by atoms with Crippen molar-refractivity contribution in [1.82, 2.24) is 14.8 Å². The predicted octanol–water partition coefficient (Wildman–Crippen LogP) is 1.93. The van der Waals surface area contributed by atoms with Crippen molar-refractivity contribution in [2.24, 2.45) is 5.92 Å². The zero-order valence-electron chi connectivity index (χ0n) is 13.3. The third kappa shape index (κ3) is 4.70. The van der Waals surface area contributed by atoms with E-state index in [0.717, 1.165) is 50.6 Å². The maximum atomic E-state index is 12.5. The van der Waals surface area contributed by atoms with Crippen LogP contribution in [0.25, 0.3) is 0 Å². The summed E-state index contributed by atoms with van der Waals surface area (Å²) < 4.78 is 0. The number of hydrogen-bond acceptors (Lipinski definition) is 4. The summed E-state index contributed by atoms with van der Waals surface area (Å²) in [5, 5.41) is 3.31. The third-order valence-corrected chi connectivity index (χ3v) is 3.94. The Morgan fingerprint density at radius 1 is 1.38 bits per heavy atom. The van der Waals surface area contributed by atoms with Crippen molar-refractivity contribution in [1.29, 1.82) is 0 Å². The molecule has 2 rings (SSSR count). The van der Waals surface area contributed by atoms with Crippen molar-refractivity contribution < 1.29 is 4.79 Å². The topological polar surface area (TPSA) is 48.5 Å². The van der Waals surface area contributed by atoms with Gasteiger partial charge in [0.2, 0.25) is 0 Å². The van der Waals surface area contributed by atoms with Gasteiger partial charge in [-0.05, 0) is 38.9 Å². The van der Waals surface area contributed by atoms with Gasteiger partial charge in [-0.3, -0.25) is 9.78 Å². The highest BCUT2D eigenvalue weighted by Gasteiger charge is 2.21. The summed E-state index contributed by atoms with van der Waals surface area (Å²) in [6.07, 6.45) is 5.63. The lowest BCUT2D eigenvalue weighted by atomic mass is 9.99. The van der Waals surface area contributed by atoms with Crippen LogP contribution in [0.5, 0.6) is 0 Å². The Morgan fingerprint density at radius 3 is 2.76 bits per heavy atom. The maximum Gasteiger partial charge on any atom is 0.255 e. The number of anilines is 1. The highest BCUT2D eigenvalue weighted by atomic mass is 16.2. The molecule has 1 aliphatic rings. The summed E-state index contributed by atoms with van der Waals surface area (Å²) >= 11 is 0. The van der Waals surface area contributed by atoms with Crippen LogP contribution < -0.4 is 5.32 Å². The minimum atomic E-state index is 0.102. The second-order valence-electron chi connectivity index (χ2n) is 6.17. The van der Waals surface area contributed by atoms with Crippen molar-refractivity contribution in [3.05, 3.63) is 24.0 Å². The van der Waals surface area contributed by atoms with Gasteiger partial charge in [0, 0.05) is 38.6 Å². The molecule has 2 heterocycles. The first kappa shape index (κ1) is 15.8. The number of carbonyl (C=O) groups excluding carboxylic acids is 1. The van der Waals surface area contributed by atoms with Crippen molar-refractivity contribution in [3.8, 4) is 0 Å². The lowest BCUT2D eigenvalue weighted by Gasteiger charge is -2.30. The molecule has 0 radical (unpaired) electrons. The molecule has 1 amide bonds. The Kier molecular flexibility index (Phi) is 5.56. The number of nitrogens with one attached hydrogen (secondary N) is 1. The highest BCUT2D eigenvalue weighted by Crippen LogP contribution is 2.19. The van der Waals surface area contributed by atoms with Crippen molar-refractivity contribution in [3.63, 3.8) is 0 Å². The minimum absolute atomic E-state index is 0.102. The minimum Gasteiger partial charge on any atom is -0.382 e. The summed E-state index contributed by atoms with van der Waals surface area (Å²) in [5.41, 5.74) is 1.59. The monoisotopic (exact) mass is 290 g/mol. The van der Waals surface area contributed by atoms with Gasteiger partial charge in [0.1, 0.15) is 0 Å². The normalized spacial score (nSPS) is 16.3. The van der Waals surface area contributed by atoms with E-state index in [4.69, 9.17) is 0 Å². The van der Waals surface area contributed by atoms with Crippen LogP contribution in [0.3, 0.4) is 0 Å². The van der Waals surface area contributed by atoms with E-state index < -0.39 is 0 Å². The van der Waals surface area contributed by atoms with Crippen molar-refractivity contribution >= 4 is 11.6 Å². The Labute approximate surface area is 127 Å². The van der Waals surface area contributed by atoms with Gasteiger partial charge in [-0.2, -0.15) is 0 Å². The quantitative estimate of drug-likeness (QED) is 0.900. The number of likely N-dealkylation sites (N-methyl/N-ethyl adjacent to an activating group) is 1. The Hall–Kier alpha value is -1.62. The first-order chi connectivity index (χ1) is 10.1. The molecule has 0 bridgehead atoms. The predicted molar refractivity (Wildman–Crippen MR) is 85.6 cm³/mol. The molecule has 1 aliphatic heterocycles. The number of hydrogen-bond donors (Lipinski definition) is 1. The highest BCUT2D eigenvalue weighted by molar-refractivity contribution is 5.94. The molecule has 0 aromatic carbocycles. The molecule has 21 heavy (non-hydrogen) atoms. The van der Waals surface area contributed by atoms with Gasteiger partial charge in [-0.25, -0.2) is 0 Å². The first-order valence-corrected chi connectivity index (χ1v) is 7.69. The number of rotatable bonds is 5. The fourth-order valence-electron chi connectivity index (χ4n) is 2.47. The van der Waals surface area contributed by atoms with Gasteiger partial charge in [-0.1, -0.05) is 6.92 Å². The average molecular weight is 290 g/mol. The molecule has 1 aromatic heterocycles. The zero-order valence-corrected chi connectivity index (χ0v) is 13.3. The largest absolute Gasteiger partial charge is 0.382 e. The zero-order chi connectivity index (χ0) is 15.2. The molecular weight excluding hydrogens is 264 g/mol. The standard InChI is InChI=1S/C16H26N4O/c1-13-4-7-20(8-5-13)16(21)14-10-15(12-17-11-14)18-6-9-19(2)3/h10-13,18H,4-9H2,1-3H3. The van der Waals surface area contributed by atoms with E-state index in [1.165, 1.54) is 0 Å². The number of likely N-dealkylation sites (tertiary alicyclic amines) is 1. The molecule has 5 nitrogen and oxygen atoms in total. The number of amides is 1. The maximum absolute atomic E-state index is 12.5. The van der Waals surface area contributed by atoms with Gasteiger partial charge >= 0.3 is 0 Å². The molecule has 0 spiro atoms. The van der Waals surface area contributed by atoms with Crippen LogP contribution in [0.15, 0.2) is 18.5 Å². The molecule has 0 atom stereocenters. The van der Waals surface area contributed by atoms with E-state index >= 15 is 0 Å². The molecular formula is C16H26N4O. The van der Waals surface area contributed by atoms with Crippen LogP contribution in [0, 0.1) is 5.92 Å². The second kappa shape index (κ2) is 7.41. The molecule has 0 unspecified atom stereocenters. The van der Waals surface area contributed by atoms with Crippen molar-refractivity contribution in [2.45, 2.75) is 19.8 Å². The fraction of sp³-hybridized carbons (Fsp3) is 0.625. The van der Waals surface area contributed by atoms with Crippen LogP contribution in [0.2, 0.25) is 0 Å². The number of aromatic nitrogens is 1. The summed E-state index contributed by atoms with van der Waals surface area (Å²) in [7, 11) is 4.08. The van der Waals surface area contributed by atoms with Gasteiger partial charge in [-0.15, -0.1) is 0 Å². The Balaban J connectivity index is 1.94.